The Labute approximate surface area is 67.6 Å². The molecule has 11 heavy (non-hydrogen) atoms. The first-order valence-electron chi connectivity index (χ1n) is 4.23. The van der Waals surface area contributed by atoms with Crippen LogP contribution in [0, 0.1) is 0 Å². The Morgan fingerprint density at radius 1 is 1.73 bits per heavy atom. The van der Waals surface area contributed by atoms with Gasteiger partial charge in [0.05, 0.1) is 18.5 Å². The number of amidine groups is 1. The van der Waals surface area contributed by atoms with E-state index in [0.29, 0.717) is 6.10 Å². The minimum absolute atomic E-state index is 0.322. The Hall–Kier alpha value is -0.570. The molecule has 3 nitrogen and oxygen atoms in total. The third-order valence-corrected chi connectivity index (χ3v) is 1.78. The summed E-state index contributed by atoms with van der Waals surface area (Å²) in [6.45, 7) is 3.71. The summed E-state index contributed by atoms with van der Waals surface area (Å²) in [5, 5.41) is 0. The van der Waals surface area contributed by atoms with Gasteiger partial charge in [-0.3, -0.25) is 4.99 Å². The van der Waals surface area contributed by atoms with E-state index < -0.39 is 0 Å². The molecule has 0 aliphatic carbocycles. The zero-order valence-electron chi connectivity index (χ0n) is 7.05. The molecule has 0 aromatic heterocycles. The quantitative estimate of drug-likeness (QED) is 0.660. The molecule has 0 spiro atoms. The lowest BCUT2D eigenvalue weighted by Gasteiger charge is -2.19. The fourth-order valence-corrected chi connectivity index (χ4v) is 1.12. The van der Waals surface area contributed by atoms with Crippen molar-refractivity contribution in [3.8, 4) is 0 Å². The third-order valence-electron chi connectivity index (χ3n) is 1.78. The highest BCUT2D eigenvalue weighted by Crippen LogP contribution is 2.08. The number of hydrogen-bond donors (Lipinski definition) is 1. The van der Waals surface area contributed by atoms with Crippen molar-refractivity contribution in [1.29, 1.82) is 0 Å². The maximum absolute atomic E-state index is 5.52. The standard InChI is InChI=1S/C8H16N2O/c1-2-5-11-7-3-4-8(9)10-6-7/h7H,2-6H2,1H3,(H2,9,10). The molecule has 0 bridgehead atoms. The van der Waals surface area contributed by atoms with Crippen LogP contribution in [0.1, 0.15) is 26.2 Å². The van der Waals surface area contributed by atoms with E-state index in [9.17, 15) is 0 Å². The van der Waals surface area contributed by atoms with Crippen molar-refractivity contribution in [1.82, 2.24) is 0 Å². The second kappa shape index (κ2) is 4.34. The van der Waals surface area contributed by atoms with Gasteiger partial charge in [0.1, 0.15) is 0 Å². The lowest BCUT2D eigenvalue weighted by molar-refractivity contribution is 0.0529. The summed E-state index contributed by atoms with van der Waals surface area (Å²) >= 11 is 0. The molecule has 1 heterocycles. The molecule has 0 amide bonds. The van der Waals surface area contributed by atoms with Gasteiger partial charge in [0.25, 0.3) is 0 Å². The van der Waals surface area contributed by atoms with E-state index in [1.54, 1.807) is 0 Å². The van der Waals surface area contributed by atoms with E-state index in [4.69, 9.17) is 10.5 Å². The van der Waals surface area contributed by atoms with E-state index in [-0.39, 0.29) is 0 Å². The first kappa shape index (κ1) is 8.53. The molecule has 0 saturated carbocycles. The molecule has 64 valence electrons. The van der Waals surface area contributed by atoms with Crippen molar-refractivity contribution in [2.75, 3.05) is 13.2 Å². The van der Waals surface area contributed by atoms with Crippen LogP contribution in [0.15, 0.2) is 4.99 Å². The van der Waals surface area contributed by atoms with Gasteiger partial charge in [0.15, 0.2) is 0 Å². The second-order valence-corrected chi connectivity index (χ2v) is 2.86. The van der Waals surface area contributed by atoms with Gasteiger partial charge in [0.2, 0.25) is 0 Å². The molecule has 0 saturated heterocycles. The number of nitrogens with zero attached hydrogens (tertiary/aromatic N) is 1. The Morgan fingerprint density at radius 3 is 3.09 bits per heavy atom. The van der Waals surface area contributed by atoms with Crippen LogP contribution in [0.2, 0.25) is 0 Å². The van der Waals surface area contributed by atoms with E-state index in [1.165, 1.54) is 0 Å². The molecule has 3 heteroatoms. The van der Waals surface area contributed by atoms with E-state index in [2.05, 4.69) is 11.9 Å². The van der Waals surface area contributed by atoms with E-state index in [0.717, 1.165) is 38.2 Å². The highest BCUT2D eigenvalue weighted by Gasteiger charge is 2.13. The van der Waals surface area contributed by atoms with Crippen LogP contribution in [0.25, 0.3) is 0 Å². The molecule has 1 aliphatic heterocycles. The van der Waals surface area contributed by atoms with Crippen LogP contribution in [-0.2, 0) is 4.74 Å². The average molecular weight is 156 g/mol. The molecule has 1 atom stereocenters. The van der Waals surface area contributed by atoms with Crippen molar-refractivity contribution < 1.29 is 4.74 Å². The highest BCUT2D eigenvalue weighted by molar-refractivity contribution is 5.80. The molecule has 0 aromatic carbocycles. The van der Waals surface area contributed by atoms with Gasteiger partial charge < -0.3 is 10.5 Å². The number of aliphatic imine (C=N–C) groups is 1. The van der Waals surface area contributed by atoms with Gasteiger partial charge >= 0.3 is 0 Å². The molecule has 1 aliphatic rings. The van der Waals surface area contributed by atoms with Crippen LogP contribution in [0.4, 0.5) is 0 Å². The van der Waals surface area contributed by atoms with Crippen molar-refractivity contribution >= 4 is 5.84 Å². The van der Waals surface area contributed by atoms with Crippen LogP contribution >= 0.6 is 0 Å². The maximum atomic E-state index is 5.52. The molecule has 0 aromatic rings. The minimum atomic E-state index is 0.322. The van der Waals surface area contributed by atoms with Gasteiger partial charge in [0, 0.05) is 13.0 Å². The van der Waals surface area contributed by atoms with Crippen molar-refractivity contribution in [3.05, 3.63) is 0 Å². The first-order valence-corrected chi connectivity index (χ1v) is 4.23. The Kier molecular flexibility index (Phi) is 3.36. The summed E-state index contributed by atoms with van der Waals surface area (Å²) < 4.78 is 5.52. The van der Waals surface area contributed by atoms with Crippen molar-refractivity contribution in [3.63, 3.8) is 0 Å². The van der Waals surface area contributed by atoms with Gasteiger partial charge in [-0.15, -0.1) is 0 Å². The van der Waals surface area contributed by atoms with Crippen LogP contribution in [0.5, 0.6) is 0 Å². The first-order chi connectivity index (χ1) is 5.33. The number of rotatable bonds is 3. The predicted molar refractivity (Wildman–Crippen MR) is 45.8 cm³/mol. The summed E-state index contributed by atoms with van der Waals surface area (Å²) in [6.07, 6.45) is 3.33. The van der Waals surface area contributed by atoms with Crippen molar-refractivity contribution in [2.45, 2.75) is 32.3 Å². The SMILES string of the molecule is CCCOC1CCC(N)=NC1. The Bertz CT molecular complexity index is 145. The van der Waals surface area contributed by atoms with Gasteiger partial charge in [-0.05, 0) is 12.8 Å². The summed E-state index contributed by atoms with van der Waals surface area (Å²) in [5.41, 5.74) is 5.52. The highest BCUT2D eigenvalue weighted by atomic mass is 16.5. The largest absolute Gasteiger partial charge is 0.387 e. The van der Waals surface area contributed by atoms with Gasteiger partial charge in [-0.2, -0.15) is 0 Å². The lowest BCUT2D eigenvalue weighted by Crippen LogP contribution is -2.27. The Morgan fingerprint density at radius 2 is 2.55 bits per heavy atom. The summed E-state index contributed by atoms with van der Waals surface area (Å²) in [7, 11) is 0. The van der Waals surface area contributed by atoms with Crippen LogP contribution in [0.3, 0.4) is 0 Å². The van der Waals surface area contributed by atoms with Crippen LogP contribution in [-0.4, -0.2) is 25.1 Å². The fraction of sp³-hybridized carbons (Fsp3) is 0.875. The number of nitrogens with two attached hydrogens (primary N) is 1. The van der Waals surface area contributed by atoms with E-state index in [1.807, 2.05) is 0 Å². The summed E-state index contributed by atoms with van der Waals surface area (Å²) in [4.78, 5) is 4.13. The van der Waals surface area contributed by atoms with Crippen LogP contribution < -0.4 is 5.73 Å². The van der Waals surface area contributed by atoms with Gasteiger partial charge in [-0.1, -0.05) is 6.92 Å². The zero-order chi connectivity index (χ0) is 8.10. The lowest BCUT2D eigenvalue weighted by atomic mass is 10.1. The summed E-state index contributed by atoms with van der Waals surface area (Å²) in [6, 6.07) is 0. The van der Waals surface area contributed by atoms with Crippen molar-refractivity contribution in [2.24, 2.45) is 10.7 Å². The molecular formula is C8H16N2O. The monoisotopic (exact) mass is 156 g/mol. The molecule has 0 radical (unpaired) electrons. The normalized spacial score (nSPS) is 24.8. The second-order valence-electron chi connectivity index (χ2n) is 2.86. The topological polar surface area (TPSA) is 47.6 Å². The molecule has 1 rings (SSSR count). The van der Waals surface area contributed by atoms with Gasteiger partial charge in [-0.25, -0.2) is 0 Å². The number of ether oxygens (including phenoxy) is 1. The average Bonchev–Trinajstić information content (AvgIpc) is 2.04. The number of hydrogen-bond acceptors (Lipinski definition) is 3. The molecular weight excluding hydrogens is 140 g/mol. The molecule has 0 fully saturated rings. The Balaban J connectivity index is 2.18. The third kappa shape index (κ3) is 2.89. The molecule has 1 unspecified atom stereocenters. The summed E-state index contributed by atoms with van der Waals surface area (Å²) in [5.74, 6) is 0.779. The molecule has 2 N–H and O–H groups in total. The maximum Gasteiger partial charge on any atom is 0.0939 e. The minimum Gasteiger partial charge on any atom is -0.387 e. The zero-order valence-corrected chi connectivity index (χ0v) is 7.05. The van der Waals surface area contributed by atoms with E-state index >= 15 is 0 Å². The smallest absolute Gasteiger partial charge is 0.0939 e. The fourth-order valence-electron chi connectivity index (χ4n) is 1.12. The predicted octanol–water partition coefficient (Wildman–Crippen LogP) is 0.933.